The van der Waals surface area contributed by atoms with E-state index in [-0.39, 0.29) is 41.0 Å². The fraction of sp³-hybridized carbons (Fsp3) is 0.208. The molecule has 3 aromatic rings. The number of nitrogens with zero attached hydrogens (tertiary/aromatic N) is 2. The Morgan fingerprint density at radius 3 is 1.95 bits per heavy atom. The fourth-order valence-electron chi connectivity index (χ4n) is 3.71. The maximum absolute atomic E-state index is 12.8. The first kappa shape index (κ1) is 29.5. The van der Waals surface area contributed by atoms with Gasteiger partial charge in [0.1, 0.15) is 10.6 Å². The number of carbonyl (C=O) groups is 1. The molecule has 0 atom stereocenters. The van der Waals surface area contributed by atoms with Crippen molar-refractivity contribution in [1.82, 2.24) is 4.31 Å². The van der Waals surface area contributed by atoms with E-state index < -0.39 is 35.6 Å². The van der Waals surface area contributed by atoms with Gasteiger partial charge in [0.25, 0.3) is 15.8 Å². The van der Waals surface area contributed by atoms with E-state index in [1.165, 1.54) is 31.2 Å². The summed E-state index contributed by atoms with van der Waals surface area (Å²) in [4.78, 5) is 21.4. The molecule has 0 radical (unpaired) electrons. The highest BCUT2D eigenvalue weighted by Crippen LogP contribution is 2.34. The molecule has 0 spiro atoms. The molecule has 15 heteroatoms. The second-order valence-electron chi connectivity index (χ2n) is 8.22. The second kappa shape index (κ2) is 11.8. The van der Waals surface area contributed by atoms with Gasteiger partial charge in [-0.15, -0.1) is 0 Å². The minimum Gasteiger partial charge on any atom is -0.354 e. The van der Waals surface area contributed by atoms with Gasteiger partial charge in [-0.3, -0.25) is 19.5 Å². The molecule has 3 aromatic carbocycles. The minimum absolute atomic E-state index is 0.0190. The van der Waals surface area contributed by atoms with E-state index >= 15 is 0 Å². The van der Waals surface area contributed by atoms with Gasteiger partial charge in [0, 0.05) is 43.1 Å². The Bertz CT molecular complexity index is 1600. The molecule has 0 aliphatic carbocycles. The number of amides is 1. The van der Waals surface area contributed by atoms with E-state index in [1.54, 1.807) is 38.1 Å². The summed E-state index contributed by atoms with van der Waals surface area (Å²) in [5, 5.41) is 19.9. The van der Waals surface area contributed by atoms with Gasteiger partial charge in [0.2, 0.25) is 15.9 Å². The van der Waals surface area contributed by atoms with E-state index in [9.17, 15) is 36.3 Å². The molecule has 0 saturated heterocycles. The largest absolute Gasteiger partial charge is 0.354 e. The van der Waals surface area contributed by atoms with Crippen molar-refractivity contribution >= 4 is 60.2 Å². The molecule has 0 aliphatic rings. The summed E-state index contributed by atoms with van der Waals surface area (Å²) in [7, 11) is -8.70. The molecule has 0 aliphatic heterocycles. The lowest BCUT2D eigenvalue weighted by molar-refractivity contribution is -0.384. The molecule has 0 aromatic heterocycles. The molecule has 0 fully saturated rings. The fourth-order valence-corrected chi connectivity index (χ4v) is 5.86. The van der Waals surface area contributed by atoms with Crippen molar-refractivity contribution < 1.29 is 31.1 Å². The molecule has 39 heavy (non-hydrogen) atoms. The maximum atomic E-state index is 12.8. The first-order valence-corrected chi connectivity index (χ1v) is 14.5. The van der Waals surface area contributed by atoms with Crippen molar-refractivity contribution in [2.75, 3.05) is 29.0 Å². The Hall–Kier alpha value is -4.05. The summed E-state index contributed by atoms with van der Waals surface area (Å²) < 4.78 is 60.9. The Balaban J connectivity index is 1.96. The third kappa shape index (κ3) is 7.08. The lowest BCUT2D eigenvalue weighted by atomic mass is 10.2. The molecule has 0 heterocycles. The first-order valence-electron chi connectivity index (χ1n) is 11.6. The van der Waals surface area contributed by atoms with Crippen molar-refractivity contribution in [3.05, 3.63) is 70.8 Å². The Morgan fingerprint density at radius 1 is 0.872 bits per heavy atom. The number of carbonyl (C=O) groups excluding carboxylic acids is 1. The summed E-state index contributed by atoms with van der Waals surface area (Å²) in [6, 6.07) is 13.6. The van der Waals surface area contributed by atoms with Crippen LogP contribution in [-0.4, -0.2) is 49.6 Å². The van der Waals surface area contributed by atoms with Gasteiger partial charge in [-0.2, -0.15) is 12.7 Å². The number of hydrogen-bond donors (Lipinski definition) is 4. The van der Waals surface area contributed by atoms with Crippen LogP contribution in [0.2, 0.25) is 0 Å². The SMILES string of the molecule is CCN(CC)S(=O)(=O)c1ccc(Nc2ccc(Nc3ccc(NC(C)=O)cc3)c(S(=O)(=O)O)c2)c([N+](=O)[O-])c1. The van der Waals surface area contributed by atoms with Gasteiger partial charge in [-0.25, -0.2) is 8.42 Å². The molecule has 0 bridgehead atoms. The highest BCUT2D eigenvalue weighted by molar-refractivity contribution is 7.89. The molecule has 13 nitrogen and oxygen atoms in total. The number of sulfonamides is 1. The van der Waals surface area contributed by atoms with Crippen molar-refractivity contribution in [3.8, 4) is 0 Å². The highest BCUT2D eigenvalue weighted by atomic mass is 32.2. The van der Waals surface area contributed by atoms with Crippen LogP contribution < -0.4 is 16.0 Å². The zero-order chi connectivity index (χ0) is 29.0. The molecule has 0 saturated carbocycles. The summed E-state index contributed by atoms with van der Waals surface area (Å²) in [6.07, 6.45) is 0. The average Bonchev–Trinajstić information content (AvgIpc) is 2.85. The number of anilines is 5. The van der Waals surface area contributed by atoms with Crippen molar-refractivity contribution in [3.63, 3.8) is 0 Å². The summed E-state index contributed by atoms with van der Waals surface area (Å²) >= 11 is 0. The molecular weight excluding hydrogens is 550 g/mol. The Labute approximate surface area is 225 Å². The van der Waals surface area contributed by atoms with Crippen molar-refractivity contribution in [2.45, 2.75) is 30.6 Å². The number of benzene rings is 3. The number of nitro benzene ring substituents is 1. The molecule has 1 amide bonds. The molecule has 0 unspecified atom stereocenters. The average molecular weight is 578 g/mol. The third-order valence-electron chi connectivity index (χ3n) is 5.53. The number of rotatable bonds is 11. The van der Waals surface area contributed by atoms with Gasteiger partial charge >= 0.3 is 0 Å². The van der Waals surface area contributed by atoms with E-state index in [4.69, 9.17) is 0 Å². The smallest absolute Gasteiger partial charge is 0.296 e. The van der Waals surface area contributed by atoms with Crippen LogP contribution in [0.3, 0.4) is 0 Å². The monoisotopic (exact) mass is 577 g/mol. The lowest BCUT2D eigenvalue weighted by Crippen LogP contribution is -2.30. The van der Waals surface area contributed by atoms with E-state index in [1.807, 2.05) is 0 Å². The topological polar surface area (TPSA) is 188 Å². The van der Waals surface area contributed by atoms with Crippen LogP contribution in [0.5, 0.6) is 0 Å². The number of hydrogen-bond acceptors (Lipinski definition) is 9. The predicted molar refractivity (Wildman–Crippen MR) is 147 cm³/mol. The summed E-state index contributed by atoms with van der Waals surface area (Å²) in [5.41, 5.74) is 0.449. The zero-order valence-corrected chi connectivity index (χ0v) is 22.8. The summed E-state index contributed by atoms with van der Waals surface area (Å²) in [6.45, 7) is 5.03. The van der Waals surface area contributed by atoms with E-state index in [0.717, 1.165) is 16.4 Å². The van der Waals surface area contributed by atoms with Crippen LogP contribution in [0.15, 0.2) is 70.5 Å². The van der Waals surface area contributed by atoms with Gasteiger partial charge in [0.15, 0.2) is 0 Å². The van der Waals surface area contributed by atoms with Gasteiger partial charge in [0.05, 0.1) is 15.5 Å². The Kier molecular flexibility index (Phi) is 8.91. The normalized spacial score (nSPS) is 11.7. The minimum atomic E-state index is -4.74. The van der Waals surface area contributed by atoms with E-state index in [0.29, 0.717) is 11.4 Å². The van der Waals surface area contributed by atoms with Crippen LogP contribution in [0.1, 0.15) is 20.8 Å². The number of nitrogens with one attached hydrogen (secondary N) is 3. The van der Waals surface area contributed by atoms with Crippen molar-refractivity contribution in [2.24, 2.45) is 0 Å². The van der Waals surface area contributed by atoms with Crippen LogP contribution >= 0.6 is 0 Å². The van der Waals surface area contributed by atoms with Gasteiger partial charge in [-0.1, -0.05) is 13.8 Å². The first-order chi connectivity index (χ1) is 18.3. The molecule has 4 N–H and O–H groups in total. The maximum Gasteiger partial charge on any atom is 0.296 e. The zero-order valence-electron chi connectivity index (χ0n) is 21.2. The Morgan fingerprint density at radius 2 is 1.41 bits per heavy atom. The quantitative estimate of drug-likeness (QED) is 0.145. The molecular formula is C24H27N5O8S2. The molecule has 3 rings (SSSR count). The van der Waals surface area contributed by atoms with E-state index in [2.05, 4.69) is 16.0 Å². The van der Waals surface area contributed by atoms with Crippen molar-refractivity contribution in [1.29, 1.82) is 0 Å². The summed E-state index contributed by atoms with van der Waals surface area (Å²) in [5.74, 6) is -0.257. The standard InChI is InChI=1S/C24H27N5O8S2/c1-4-28(5-2)38(33,34)20-11-13-21(23(15-20)29(31)32)27-19-10-12-22(24(14-19)39(35,36)37)26-18-8-6-17(7-9-18)25-16(3)30/h6-15,26-27H,4-5H2,1-3H3,(H,25,30)(H,35,36,37). The lowest BCUT2D eigenvalue weighted by Gasteiger charge is -2.19. The van der Waals surface area contributed by atoms with Crippen LogP contribution in [0.4, 0.5) is 34.1 Å². The van der Waals surface area contributed by atoms with Crippen LogP contribution in [-0.2, 0) is 24.9 Å². The third-order valence-corrected chi connectivity index (χ3v) is 8.47. The van der Waals surface area contributed by atoms with Crippen LogP contribution in [0.25, 0.3) is 0 Å². The van der Waals surface area contributed by atoms with Crippen LogP contribution in [0, 0.1) is 10.1 Å². The second-order valence-corrected chi connectivity index (χ2v) is 11.5. The molecule has 208 valence electrons. The highest BCUT2D eigenvalue weighted by Gasteiger charge is 2.26. The number of nitro groups is 1. The van der Waals surface area contributed by atoms with Gasteiger partial charge in [-0.05, 0) is 54.6 Å². The predicted octanol–water partition coefficient (Wildman–Crippen LogP) is 4.32. The van der Waals surface area contributed by atoms with Gasteiger partial charge < -0.3 is 16.0 Å².